The summed E-state index contributed by atoms with van der Waals surface area (Å²) in [6, 6.07) is 3.87. The topological polar surface area (TPSA) is 34.2 Å². The predicted octanol–water partition coefficient (Wildman–Crippen LogP) is 2.89. The molecule has 0 aromatic carbocycles. The minimum Gasteiger partial charge on any atom is -0.467 e. The maximum Gasteiger partial charge on any atom is 0.141 e. The number of rotatable bonds is 3. The van der Waals surface area contributed by atoms with Crippen LogP contribution in [0.5, 0.6) is 0 Å². The van der Waals surface area contributed by atoms with Crippen molar-refractivity contribution in [2.24, 2.45) is 7.05 Å². The van der Waals surface area contributed by atoms with Crippen LogP contribution in [0.15, 0.2) is 40.1 Å². The average molecular weight is 291 g/mol. The third kappa shape index (κ3) is 2.90. The summed E-state index contributed by atoms with van der Waals surface area (Å²) in [5.74, 6) is 0.936. The number of aryl methyl sites for hydroxylation is 1. The summed E-state index contributed by atoms with van der Waals surface area (Å²) in [7, 11) is 1.91. The third-order valence-electron chi connectivity index (χ3n) is 2.80. The second kappa shape index (κ2) is 5.22. The summed E-state index contributed by atoms with van der Waals surface area (Å²) >= 11 is 7.04. The average Bonchev–Trinajstić information content (AvgIpc) is 3.06. The van der Waals surface area contributed by atoms with Gasteiger partial charge in [0.05, 0.1) is 25.5 Å². The molecule has 0 spiro atoms. The molecule has 98 valence electrons. The van der Waals surface area contributed by atoms with E-state index in [1.165, 1.54) is 4.91 Å². The molecule has 0 saturated carbocycles. The van der Waals surface area contributed by atoms with Gasteiger partial charge in [-0.15, -0.1) is 0 Å². The molecule has 19 heavy (non-hydrogen) atoms. The lowest BCUT2D eigenvalue weighted by Gasteiger charge is -2.13. The summed E-state index contributed by atoms with van der Waals surface area (Å²) < 4.78 is 8.05. The molecule has 0 aliphatic carbocycles. The Bertz CT molecular complexity index is 616. The van der Waals surface area contributed by atoms with Gasteiger partial charge in [0.1, 0.15) is 10.1 Å². The van der Waals surface area contributed by atoms with Crippen molar-refractivity contribution >= 4 is 34.4 Å². The largest absolute Gasteiger partial charge is 0.467 e. The highest BCUT2D eigenvalue weighted by atomic mass is 32.2. The molecule has 6 heteroatoms. The first-order valence-corrected chi connectivity index (χ1v) is 7.11. The zero-order valence-corrected chi connectivity index (χ0v) is 12.1. The summed E-state index contributed by atoms with van der Waals surface area (Å²) in [5.41, 5.74) is 1.10. The van der Waals surface area contributed by atoms with Gasteiger partial charge in [0.2, 0.25) is 0 Å². The molecular formula is C13H13N3OS2. The van der Waals surface area contributed by atoms with Crippen molar-refractivity contribution < 1.29 is 4.42 Å². The van der Waals surface area contributed by atoms with Crippen LogP contribution in [0.25, 0.3) is 6.08 Å². The molecule has 2 aromatic rings. The van der Waals surface area contributed by atoms with Crippen molar-refractivity contribution in [3.8, 4) is 0 Å². The van der Waals surface area contributed by atoms with E-state index in [1.54, 1.807) is 22.7 Å². The molecule has 1 aliphatic rings. The van der Waals surface area contributed by atoms with Gasteiger partial charge in [-0.2, -0.15) is 5.10 Å². The van der Waals surface area contributed by atoms with E-state index < -0.39 is 0 Å². The Morgan fingerprint density at radius 2 is 2.47 bits per heavy atom. The van der Waals surface area contributed by atoms with Crippen LogP contribution in [0.4, 0.5) is 0 Å². The molecule has 0 amide bonds. The number of nitrogens with zero attached hydrogens (tertiary/aromatic N) is 3. The SMILES string of the molecule is Cn1cc(/C=C2/CN(Cc3ccco3)C(=S)S2)cn1. The summed E-state index contributed by atoms with van der Waals surface area (Å²) in [4.78, 5) is 3.38. The highest BCUT2D eigenvalue weighted by Gasteiger charge is 2.23. The normalized spacial score (nSPS) is 17.6. The van der Waals surface area contributed by atoms with Gasteiger partial charge >= 0.3 is 0 Å². The molecule has 0 unspecified atom stereocenters. The fourth-order valence-corrected chi connectivity index (χ4v) is 3.30. The first-order chi connectivity index (χ1) is 9.20. The molecule has 0 radical (unpaired) electrons. The van der Waals surface area contributed by atoms with Crippen molar-refractivity contribution in [2.45, 2.75) is 6.54 Å². The van der Waals surface area contributed by atoms with E-state index in [2.05, 4.69) is 16.1 Å². The van der Waals surface area contributed by atoms with E-state index in [-0.39, 0.29) is 0 Å². The minimum absolute atomic E-state index is 0.725. The zero-order valence-electron chi connectivity index (χ0n) is 10.4. The quantitative estimate of drug-likeness (QED) is 0.812. The molecule has 0 N–H and O–H groups in total. The van der Waals surface area contributed by atoms with Crippen LogP contribution < -0.4 is 0 Å². The molecule has 1 fully saturated rings. The Morgan fingerprint density at radius 3 is 3.16 bits per heavy atom. The number of thioether (sulfide) groups is 1. The molecule has 0 bridgehead atoms. The lowest BCUT2D eigenvalue weighted by Crippen LogP contribution is -2.21. The van der Waals surface area contributed by atoms with Crippen molar-refractivity contribution in [3.63, 3.8) is 0 Å². The van der Waals surface area contributed by atoms with Gasteiger partial charge in [-0.25, -0.2) is 0 Å². The van der Waals surface area contributed by atoms with E-state index in [9.17, 15) is 0 Å². The molecule has 2 aromatic heterocycles. The lowest BCUT2D eigenvalue weighted by molar-refractivity contribution is 0.399. The van der Waals surface area contributed by atoms with Crippen molar-refractivity contribution in [1.29, 1.82) is 0 Å². The predicted molar refractivity (Wildman–Crippen MR) is 80.5 cm³/mol. The maximum atomic E-state index is 5.40. The van der Waals surface area contributed by atoms with Crippen LogP contribution >= 0.6 is 24.0 Å². The molecule has 0 atom stereocenters. The zero-order chi connectivity index (χ0) is 13.2. The van der Waals surface area contributed by atoms with Crippen LogP contribution in [-0.4, -0.2) is 25.5 Å². The van der Waals surface area contributed by atoms with Crippen LogP contribution in [0.1, 0.15) is 11.3 Å². The maximum absolute atomic E-state index is 5.40. The number of furan rings is 1. The fourth-order valence-electron chi connectivity index (χ4n) is 1.95. The van der Waals surface area contributed by atoms with Gasteiger partial charge in [0, 0.05) is 23.7 Å². The fraction of sp³-hybridized carbons (Fsp3) is 0.231. The van der Waals surface area contributed by atoms with Gasteiger partial charge in [0.15, 0.2) is 0 Å². The third-order valence-corrected chi connectivity index (χ3v) is 4.25. The molecule has 1 aliphatic heterocycles. The van der Waals surface area contributed by atoms with E-state index in [1.807, 2.05) is 31.6 Å². The lowest BCUT2D eigenvalue weighted by atomic mass is 10.3. The van der Waals surface area contributed by atoms with Crippen LogP contribution in [0.2, 0.25) is 0 Å². The van der Waals surface area contributed by atoms with Gasteiger partial charge in [-0.05, 0) is 18.2 Å². The summed E-state index contributed by atoms with van der Waals surface area (Å²) in [6.07, 6.45) is 7.66. The Balaban J connectivity index is 1.71. The number of hydrogen-bond donors (Lipinski definition) is 0. The molecule has 3 heterocycles. The van der Waals surface area contributed by atoms with Gasteiger partial charge in [0.25, 0.3) is 0 Å². The first kappa shape index (κ1) is 12.5. The van der Waals surface area contributed by atoms with Gasteiger partial charge in [-0.3, -0.25) is 4.68 Å². The molecule has 3 rings (SSSR count). The summed E-state index contributed by atoms with van der Waals surface area (Å²) in [5, 5.41) is 4.16. The second-order valence-corrected chi connectivity index (χ2v) is 6.12. The van der Waals surface area contributed by atoms with Crippen LogP contribution in [0, 0.1) is 0 Å². The van der Waals surface area contributed by atoms with Crippen molar-refractivity contribution in [2.75, 3.05) is 6.54 Å². The van der Waals surface area contributed by atoms with Crippen LogP contribution in [-0.2, 0) is 13.6 Å². The number of thiocarbonyl (C=S) groups is 1. The van der Waals surface area contributed by atoms with E-state index in [0.29, 0.717) is 0 Å². The van der Waals surface area contributed by atoms with Gasteiger partial charge in [-0.1, -0.05) is 24.0 Å². The van der Waals surface area contributed by atoms with E-state index in [4.69, 9.17) is 16.6 Å². The Labute approximate surface area is 121 Å². The minimum atomic E-state index is 0.725. The standard InChI is InChI=1S/C13H13N3OS2/c1-15-7-10(6-14-15)5-12-9-16(13(18)19-12)8-11-3-2-4-17-11/h2-7H,8-9H2,1H3/b12-5-. The smallest absolute Gasteiger partial charge is 0.141 e. The Morgan fingerprint density at radius 1 is 1.58 bits per heavy atom. The highest BCUT2D eigenvalue weighted by molar-refractivity contribution is 8.25. The number of hydrogen-bond acceptors (Lipinski definition) is 4. The Kier molecular flexibility index (Phi) is 3.44. The summed E-state index contributed by atoms with van der Waals surface area (Å²) in [6.45, 7) is 1.56. The monoisotopic (exact) mass is 291 g/mol. The molecule has 1 saturated heterocycles. The van der Waals surface area contributed by atoms with E-state index in [0.717, 1.165) is 28.7 Å². The molecule has 4 nitrogen and oxygen atoms in total. The number of aromatic nitrogens is 2. The van der Waals surface area contributed by atoms with Crippen LogP contribution in [0.3, 0.4) is 0 Å². The van der Waals surface area contributed by atoms with Crippen molar-refractivity contribution in [1.82, 2.24) is 14.7 Å². The van der Waals surface area contributed by atoms with E-state index >= 15 is 0 Å². The van der Waals surface area contributed by atoms with Gasteiger partial charge < -0.3 is 9.32 Å². The molecular weight excluding hydrogens is 278 g/mol. The Hall–Kier alpha value is -1.53. The first-order valence-electron chi connectivity index (χ1n) is 5.89. The van der Waals surface area contributed by atoms with Crippen molar-refractivity contribution in [3.05, 3.63) is 47.0 Å². The highest BCUT2D eigenvalue weighted by Crippen LogP contribution is 2.32. The second-order valence-electron chi connectivity index (χ2n) is 4.36.